The Hall–Kier alpha value is -0.583. The predicted molar refractivity (Wildman–Crippen MR) is 58.9 cm³/mol. The van der Waals surface area contributed by atoms with Crippen LogP contribution < -0.4 is 0 Å². The molecule has 0 aromatic heterocycles. The Bertz CT molecular complexity index is 345. The SMILES string of the molecule is CCO[Si]1(OCC)CC=CC(C(F)(F)F)(C(F)(F)F)O1. The van der Waals surface area contributed by atoms with Crippen LogP contribution in [-0.4, -0.2) is 40.0 Å². The molecule has 0 saturated carbocycles. The monoisotopic (exact) mass is 324 g/mol. The minimum atomic E-state index is -5.66. The quantitative estimate of drug-likeness (QED) is 0.450. The normalized spacial score (nSPS) is 22.0. The van der Waals surface area contributed by atoms with E-state index in [-0.39, 0.29) is 25.3 Å². The van der Waals surface area contributed by atoms with Crippen LogP contribution in [0.15, 0.2) is 12.2 Å². The fourth-order valence-corrected chi connectivity index (χ4v) is 4.41. The first-order chi connectivity index (χ1) is 9.04. The molecule has 0 radical (unpaired) electrons. The second kappa shape index (κ2) is 5.66. The highest BCUT2D eigenvalue weighted by Crippen LogP contribution is 2.50. The smallest absolute Gasteiger partial charge is 0.374 e. The maximum Gasteiger partial charge on any atom is 0.506 e. The van der Waals surface area contributed by atoms with Crippen molar-refractivity contribution >= 4 is 8.80 Å². The highest BCUT2D eigenvalue weighted by molar-refractivity contribution is 6.61. The molecular formula is C10H14F6O3Si. The molecule has 1 aliphatic rings. The van der Waals surface area contributed by atoms with Gasteiger partial charge in [0.2, 0.25) is 0 Å². The molecule has 1 aliphatic heterocycles. The number of halogens is 6. The van der Waals surface area contributed by atoms with Crippen LogP contribution in [0.3, 0.4) is 0 Å². The molecule has 0 bridgehead atoms. The van der Waals surface area contributed by atoms with Gasteiger partial charge in [-0.2, -0.15) is 26.3 Å². The molecule has 0 aliphatic carbocycles. The van der Waals surface area contributed by atoms with E-state index in [1.807, 2.05) is 0 Å². The fraction of sp³-hybridized carbons (Fsp3) is 0.800. The van der Waals surface area contributed by atoms with E-state index in [1.165, 1.54) is 13.8 Å². The van der Waals surface area contributed by atoms with Gasteiger partial charge in [-0.3, -0.25) is 0 Å². The van der Waals surface area contributed by atoms with E-state index in [9.17, 15) is 26.3 Å². The number of hydrogen-bond donors (Lipinski definition) is 0. The molecule has 1 rings (SSSR count). The van der Waals surface area contributed by atoms with Crippen LogP contribution >= 0.6 is 0 Å². The van der Waals surface area contributed by atoms with Crippen LogP contribution in [0, 0.1) is 0 Å². The zero-order valence-electron chi connectivity index (χ0n) is 10.8. The van der Waals surface area contributed by atoms with Gasteiger partial charge in [-0.25, -0.2) is 0 Å². The van der Waals surface area contributed by atoms with Gasteiger partial charge in [-0.15, -0.1) is 0 Å². The van der Waals surface area contributed by atoms with Crippen LogP contribution in [0.25, 0.3) is 0 Å². The molecule has 20 heavy (non-hydrogen) atoms. The molecule has 0 unspecified atom stereocenters. The summed E-state index contributed by atoms with van der Waals surface area (Å²) >= 11 is 0. The molecule has 0 amide bonds. The molecular weight excluding hydrogens is 310 g/mol. The van der Waals surface area contributed by atoms with Crippen molar-refractivity contribution in [1.82, 2.24) is 0 Å². The van der Waals surface area contributed by atoms with Gasteiger partial charge in [0.05, 0.1) is 0 Å². The summed E-state index contributed by atoms with van der Waals surface area (Å²) in [4.78, 5) is 0. The lowest BCUT2D eigenvalue weighted by molar-refractivity contribution is -0.348. The third-order valence-corrected chi connectivity index (χ3v) is 5.43. The van der Waals surface area contributed by atoms with Crippen LogP contribution in [0.2, 0.25) is 6.04 Å². The van der Waals surface area contributed by atoms with E-state index in [0.29, 0.717) is 0 Å². The molecule has 0 spiro atoms. The average Bonchev–Trinajstić information content (AvgIpc) is 2.26. The minimum Gasteiger partial charge on any atom is -0.374 e. The van der Waals surface area contributed by atoms with Crippen LogP contribution in [0.4, 0.5) is 26.3 Å². The molecule has 10 heteroatoms. The molecule has 0 aromatic rings. The zero-order valence-corrected chi connectivity index (χ0v) is 11.8. The van der Waals surface area contributed by atoms with Gasteiger partial charge in [0.15, 0.2) is 0 Å². The van der Waals surface area contributed by atoms with Crippen molar-refractivity contribution in [3.05, 3.63) is 12.2 Å². The van der Waals surface area contributed by atoms with Crippen molar-refractivity contribution in [1.29, 1.82) is 0 Å². The Balaban J connectivity index is 3.28. The summed E-state index contributed by atoms with van der Waals surface area (Å²) in [5, 5.41) is 0. The summed E-state index contributed by atoms with van der Waals surface area (Å²) in [6.45, 7) is 2.67. The fourth-order valence-electron chi connectivity index (χ4n) is 1.81. The van der Waals surface area contributed by atoms with E-state index >= 15 is 0 Å². The maximum atomic E-state index is 12.9. The Labute approximate surface area is 112 Å². The summed E-state index contributed by atoms with van der Waals surface area (Å²) in [5.41, 5.74) is -4.38. The van der Waals surface area contributed by atoms with Crippen LogP contribution in [0.5, 0.6) is 0 Å². The predicted octanol–water partition coefficient (Wildman–Crippen LogP) is 3.45. The lowest BCUT2D eigenvalue weighted by Crippen LogP contribution is -2.66. The molecule has 0 N–H and O–H groups in total. The Kier molecular flexibility index (Phi) is 4.94. The first-order valence-corrected chi connectivity index (χ1v) is 7.76. The summed E-state index contributed by atoms with van der Waals surface area (Å²) in [5.74, 6) is 0. The van der Waals surface area contributed by atoms with E-state index in [0.717, 1.165) is 6.08 Å². The topological polar surface area (TPSA) is 27.7 Å². The number of rotatable bonds is 4. The van der Waals surface area contributed by atoms with Gasteiger partial charge in [0.1, 0.15) is 0 Å². The standard InChI is InChI=1S/C10H14F6O3Si/c1-3-17-20(18-4-2)7-5-6-8(19-20,9(11,12)13)10(14,15)16/h5-6H,3-4,7H2,1-2H3. The summed E-state index contributed by atoms with van der Waals surface area (Å²) in [7, 11) is -4.06. The lowest BCUT2D eigenvalue weighted by Gasteiger charge is -2.43. The summed E-state index contributed by atoms with van der Waals surface area (Å²) < 4.78 is 92.0. The van der Waals surface area contributed by atoms with Gasteiger partial charge in [-0.1, -0.05) is 6.08 Å². The summed E-state index contributed by atoms with van der Waals surface area (Å²) in [6.07, 6.45) is -10.6. The Morgan fingerprint density at radius 2 is 1.50 bits per heavy atom. The highest BCUT2D eigenvalue weighted by atomic mass is 28.4. The summed E-state index contributed by atoms with van der Waals surface area (Å²) in [6, 6.07) is -0.234. The second-order valence-electron chi connectivity index (χ2n) is 3.99. The van der Waals surface area contributed by atoms with Crippen molar-refractivity contribution in [3.8, 4) is 0 Å². The molecule has 3 nitrogen and oxygen atoms in total. The van der Waals surface area contributed by atoms with Gasteiger partial charge in [-0.05, 0) is 19.9 Å². The third-order valence-electron chi connectivity index (χ3n) is 2.61. The number of alkyl halides is 6. The van der Waals surface area contributed by atoms with E-state index < -0.39 is 26.8 Å². The van der Waals surface area contributed by atoms with Crippen molar-refractivity contribution in [2.75, 3.05) is 13.2 Å². The highest BCUT2D eigenvalue weighted by Gasteiger charge is 2.75. The molecule has 1 heterocycles. The molecule has 0 atom stereocenters. The van der Waals surface area contributed by atoms with Gasteiger partial charge < -0.3 is 13.3 Å². The van der Waals surface area contributed by atoms with E-state index in [4.69, 9.17) is 8.85 Å². The molecule has 0 aromatic carbocycles. The Morgan fingerprint density at radius 3 is 1.85 bits per heavy atom. The molecule has 118 valence electrons. The zero-order chi connectivity index (χ0) is 15.7. The van der Waals surface area contributed by atoms with Crippen LogP contribution in [-0.2, 0) is 13.3 Å². The molecule has 0 saturated heterocycles. The van der Waals surface area contributed by atoms with Crippen molar-refractivity contribution in [2.24, 2.45) is 0 Å². The van der Waals surface area contributed by atoms with Gasteiger partial charge in [0, 0.05) is 19.3 Å². The largest absolute Gasteiger partial charge is 0.506 e. The first-order valence-electron chi connectivity index (χ1n) is 5.83. The maximum absolute atomic E-state index is 12.9. The van der Waals surface area contributed by atoms with Gasteiger partial charge >= 0.3 is 21.2 Å². The number of hydrogen-bond acceptors (Lipinski definition) is 3. The Morgan fingerprint density at radius 1 is 1.05 bits per heavy atom. The minimum absolute atomic E-state index is 0.0176. The number of allylic oxidation sites excluding steroid dienone is 1. The van der Waals surface area contributed by atoms with Gasteiger partial charge in [0.25, 0.3) is 5.60 Å². The first kappa shape index (κ1) is 17.5. The molecule has 0 fully saturated rings. The van der Waals surface area contributed by atoms with Crippen molar-refractivity contribution < 1.29 is 39.6 Å². The van der Waals surface area contributed by atoms with E-state index in [2.05, 4.69) is 4.43 Å². The van der Waals surface area contributed by atoms with E-state index in [1.54, 1.807) is 0 Å². The van der Waals surface area contributed by atoms with Crippen LogP contribution in [0.1, 0.15) is 13.8 Å². The lowest BCUT2D eigenvalue weighted by atomic mass is 10.0. The third kappa shape index (κ3) is 3.02. The average molecular weight is 324 g/mol. The van der Waals surface area contributed by atoms with Crippen molar-refractivity contribution in [2.45, 2.75) is 37.8 Å². The second-order valence-corrected chi connectivity index (χ2v) is 6.54. The van der Waals surface area contributed by atoms with Crippen molar-refractivity contribution in [3.63, 3.8) is 0 Å².